The largest absolute Gasteiger partial charge is 0.389 e. The van der Waals surface area contributed by atoms with E-state index in [1.807, 2.05) is 0 Å². The molecular formula is C10H13Br2NO3S. The van der Waals surface area contributed by atoms with Crippen LogP contribution < -0.4 is 4.72 Å². The molecule has 96 valence electrons. The van der Waals surface area contributed by atoms with E-state index in [-0.39, 0.29) is 11.4 Å². The first kappa shape index (κ1) is 15.1. The molecule has 0 aromatic heterocycles. The van der Waals surface area contributed by atoms with E-state index >= 15 is 0 Å². The van der Waals surface area contributed by atoms with Gasteiger partial charge in [0.25, 0.3) is 0 Å². The van der Waals surface area contributed by atoms with Gasteiger partial charge in [0.15, 0.2) is 0 Å². The molecule has 0 aliphatic carbocycles. The minimum absolute atomic E-state index is 0.0438. The highest BCUT2D eigenvalue weighted by molar-refractivity contribution is 9.11. The lowest BCUT2D eigenvalue weighted by Gasteiger charge is -2.18. The van der Waals surface area contributed by atoms with Gasteiger partial charge in [-0.1, -0.05) is 15.9 Å². The van der Waals surface area contributed by atoms with Crippen LogP contribution in [0, 0.1) is 0 Å². The summed E-state index contributed by atoms with van der Waals surface area (Å²) in [5.74, 6) is 0. The van der Waals surface area contributed by atoms with Gasteiger partial charge in [0.05, 0.1) is 10.5 Å². The van der Waals surface area contributed by atoms with Gasteiger partial charge >= 0.3 is 0 Å². The van der Waals surface area contributed by atoms with E-state index in [0.717, 1.165) is 4.47 Å². The molecule has 0 saturated heterocycles. The van der Waals surface area contributed by atoms with Crippen LogP contribution in [0.3, 0.4) is 0 Å². The maximum absolute atomic E-state index is 11.9. The van der Waals surface area contributed by atoms with Gasteiger partial charge in [-0.2, -0.15) is 0 Å². The van der Waals surface area contributed by atoms with Crippen molar-refractivity contribution in [2.75, 3.05) is 6.54 Å². The smallest absolute Gasteiger partial charge is 0.241 e. The topological polar surface area (TPSA) is 66.4 Å². The second-order valence-corrected chi connectivity index (χ2v) is 7.72. The van der Waals surface area contributed by atoms with E-state index in [4.69, 9.17) is 0 Å². The van der Waals surface area contributed by atoms with Crippen molar-refractivity contribution in [3.8, 4) is 0 Å². The van der Waals surface area contributed by atoms with Crippen molar-refractivity contribution in [1.29, 1.82) is 0 Å². The molecule has 1 aromatic carbocycles. The van der Waals surface area contributed by atoms with Crippen molar-refractivity contribution < 1.29 is 13.5 Å². The van der Waals surface area contributed by atoms with Crippen molar-refractivity contribution in [2.24, 2.45) is 0 Å². The van der Waals surface area contributed by atoms with Gasteiger partial charge < -0.3 is 5.11 Å². The zero-order valence-corrected chi connectivity index (χ0v) is 13.4. The monoisotopic (exact) mass is 385 g/mol. The molecule has 0 atom stereocenters. The number of hydrogen-bond donors (Lipinski definition) is 2. The molecule has 2 N–H and O–H groups in total. The summed E-state index contributed by atoms with van der Waals surface area (Å²) in [5.41, 5.74) is -1.09. The van der Waals surface area contributed by atoms with Crippen LogP contribution >= 0.6 is 31.9 Å². The van der Waals surface area contributed by atoms with Crippen molar-refractivity contribution in [1.82, 2.24) is 4.72 Å². The van der Waals surface area contributed by atoms with Crippen LogP contribution in [0.4, 0.5) is 0 Å². The highest BCUT2D eigenvalue weighted by Crippen LogP contribution is 2.25. The quantitative estimate of drug-likeness (QED) is 0.833. The second-order valence-electron chi connectivity index (χ2n) is 4.21. The Morgan fingerprint density at radius 2 is 1.94 bits per heavy atom. The van der Waals surface area contributed by atoms with Gasteiger partial charge in [-0.3, -0.25) is 0 Å². The molecule has 0 spiro atoms. The Morgan fingerprint density at radius 1 is 1.35 bits per heavy atom. The van der Waals surface area contributed by atoms with Gasteiger partial charge in [-0.05, 0) is 48.0 Å². The fourth-order valence-electron chi connectivity index (χ4n) is 1.04. The molecule has 0 bridgehead atoms. The fraction of sp³-hybridized carbons (Fsp3) is 0.400. The molecular weight excluding hydrogens is 374 g/mol. The Bertz CT molecular complexity index is 509. The summed E-state index contributed by atoms with van der Waals surface area (Å²) in [4.78, 5) is 0.143. The number of aliphatic hydroxyl groups is 1. The number of halogens is 2. The van der Waals surface area contributed by atoms with E-state index in [1.165, 1.54) is 19.9 Å². The van der Waals surface area contributed by atoms with E-state index in [9.17, 15) is 13.5 Å². The van der Waals surface area contributed by atoms with Crippen molar-refractivity contribution in [3.63, 3.8) is 0 Å². The lowest BCUT2D eigenvalue weighted by molar-refractivity contribution is 0.0857. The minimum atomic E-state index is -3.62. The van der Waals surface area contributed by atoms with E-state index in [1.54, 1.807) is 12.1 Å². The van der Waals surface area contributed by atoms with Crippen LogP contribution in [-0.4, -0.2) is 25.7 Å². The first-order valence-electron chi connectivity index (χ1n) is 4.79. The molecule has 0 fully saturated rings. The molecule has 0 aliphatic heterocycles. The second kappa shape index (κ2) is 5.36. The van der Waals surface area contributed by atoms with Crippen LogP contribution in [0.2, 0.25) is 0 Å². The molecule has 1 aromatic rings. The van der Waals surface area contributed by atoms with Gasteiger partial charge in [-0.15, -0.1) is 0 Å². The standard InChI is InChI=1S/C10H13Br2NO3S/c1-10(2,14)6-13-17(15,16)9-4-3-7(11)5-8(9)12/h3-5,13-14H,6H2,1-2H3. The van der Waals surface area contributed by atoms with Gasteiger partial charge in [0, 0.05) is 15.5 Å². The fourth-order valence-corrected chi connectivity index (χ4v) is 3.99. The molecule has 0 heterocycles. The summed E-state index contributed by atoms with van der Waals surface area (Å²) in [6.45, 7) is 3.02. The van der Waals surface area contributed by atoms with Crippen molar-refractivity contribution >= 4 is 41.9 Å². The summed E-state index contributed by atoms with van der Waals surface area (Å²) >= 11 is 6.44. The number of benzene rings is 1. The Morgan fingerprint density at radius 3 is 2.41 bits per heavy atom. The third-order valence-corrected chi connectivity index (χ3v) is 4.75. The van der Waals surface area contributed by atoms with Crippen molar-refractivity contribution in [2.45, 2.75) is 24.3 Å². The Labute approximate surface area is 118 Å². The average molecular weight is 387 g/mol. The predicted octanol–water partition coefficient (Wildman–Crippen LogP) is 2.26. The highest BCUT2D eigenvalue weighted by Gasteiger charge is 2.21. The van der Waals surface area contributed by atoms with Crippen LogP contribution in [0.25, 0.3) is 0 Å². The van der Waals surface area contributed by atoms with Crippen LogP contribution in [0.1, 0.15) is 13.8 Å². The Hall–Kier alpha value is 0.0500. The zero-order valence-electron chi connectivity index (χ0n) is 9.37. The first-order valence-corrected chi connectivity index (χ1v) is 7.86. The lowest BCUT2D eigenvalue weighted by Crippen LogP contribution is -2.38. The first-order chi connectivity index (χ1) is 7.62. The average Bonchev–Trinajstić information content (AvgIpc) is 2.13. The maximum atomic E-state index is 11.9. The van der Waals surface area contributed by atoms with Gasteiger partial charge in [-0.25, -0.2) is 13.1 Å². The summed E-state index contributed by atoms with van der Waals surface area (Å²) in [6.07, 6.45) is 0. The highest BCUT2D eigenvalue weighted by atomic mass is 79.9. The molecule has 0 saturated carbocycles. The summed E-state index contributed by atoms with van der Waals surface area (Å²) in [7, 11) is -3.62. The number of nitrogens with one attached hydrogen (secondary N) is 1. The lowest BCUT2D eigenvalue weighted by atomic mass is 10.1. The third kappa shape index (κ3) is 4.67. The molecule has 17 heavy (non-hydrogen) atoms. The van der Waals surface area contributed by atoms with E-state index < -0.39 is 15.6 Å². The van der Waals surface area contributed by atoms with Crippen molar-refractivity contribution in [3.05, 3.63) is 27.1 Å². The van der Waals surface area contributed by atoms with E-state index in [0.29, 0.717) is 4.47 Å². The third-order valence-electron chi connectivity index (χ3n) is 1.88. The SMILES string of the molecule is CC(C)(O)CNS(=O)(=O)c1ccc(Br)cc1Br. The van der Waals surface area contributed by atoms with Gasteiger partial charge in [0.1, 0.15) is 0 Å². The Kier molecular flexibility index (Phi) is 4.76. The molecule has 0 radical (unpaired) electrons. The molecule has 0 amide bonds. The summed E-state index contributed by atoms with van der Waals surface area (Å²) in [5, 5.41) is 9.50. The van der Waals surface area contributed by atoms with Gasteiger partial charge in [0.2, 0.25) is 10.0 Å². The number of rotatable bonds is 4. The van der Waals surface area contributed by atoms with Crippen LogP contribution in [0.5, 0.6) is 0 Å². The molecule has 1 rings (SSSR count). The predicted molar refractivity (Wildman–Crippen MR) is 73.3 cm³/mol. The zero-order chi connectivity index (χ0) is 13.3. The number of sulfonamides is 1. The summed E-state index contributed by atoms with van der Waals surface area (Å²) in [6, 6.07) is 4.78. The van der Waals surface area contributed by atoms with Crippen LogP contribution in [-0.2, 0) is 10.0 Å². The molecule has 7 heteroatoms. The molecule has 0 unspecified atom stereocenters. The molecule has 4 nitrogen and oxygen atoms in total. The maximum Gasteiger partial charge on any atom is 0.241 e. The molecule has 0 aliphatic rings. The number of hydrogen-bond acceptors (Lipinski definition) is 3. The summed E-state index contributed by atoms with van der Waals surface area (Å²) < 4.78 is 27.5. The van der Waals surface area contributed by atoms with E-state index in [2.05, 4.69) is 36.6 Å². The Balaban J connectivity index is 2.98. The van der Waals surface area contributed by atoms with Crippen LogP contribution in [0.15, 0.2) is 32.0 Å². The normalized spacial score (nSPS) is 12.8. The minimum Gasteiger partial charge on any atom is -0.389 e.